The van der Waals surface area contributed by atoms with Gasteiger partial charge in [0.25, 0.3) is 5.91 Å². The summed E-state index contributed by atoms with van der Waals surface area (Å²) in [6.07, 6.45) is 3.12. The minimum Gasteiger partial charge on any atom is -0.353 e. The Kier molecular flexibility index (Phi) is 10.6. The molecule has 2 aromatic rings. The zero-order chi connectivity index (χ0) is 26.6. The third-order valence-corrected chi connectivity index (χ3v) is 6.27. The number of amides is 4. The second kappa shape index (κ2) is 14.1. The van der Waals surface area contributed by atoms with Crippen molar-refractivity contribution < 1.29 is 19.2 Å². The first kappa shape index (κ1) is 27.9. The van der Waals surface area contributed by atoms with Gasteiger partial charge in [-0.3, -0.25) is 19.2 Å². The van der Waals surface area contributed by atoms with Crippen molar-refractivity contribution in [3.8, 4) is 0 Å². The van der Waals surface area contributed by atoms with Crippen LogP contribution in [0.5, 0.6) is 0 Å². The smallest absolute Gasteiger partial charge is 0.272 e. The van der Waals surface area contributed by atoms with Gasteiger partial charge in [-0.05, 0) is 43.0 Å². The number of carbonyl (C=O) groups is 4. The summed E-state index contributed by atoms with van der Waals surface area (Å²) in [6.45, 7) is 5.31. The second-order valence-corrected chi connectivity index (χ2v) is 9.12. The van der Waals surface area contributed by atoms with Gasteiger partial charge in [-0.15, -0.1) is 0 Å². The first-order valence-electron chi connectivity index (χ1n) is 12.3. The van der Waals surface area contributed by atoms with E-state index in [1.165, 1.54) is 6.08 Å². The molecule has 1 aliphatic rings. The summed E-state index contributed by atoms with van der Waals surface area (Å²) in [4.78, 5) is 57.6. The van der Waals surface area contributed by atoms with Gasteiger partial charge in [-0.1, -0.05) is 54.6 Å². The molecule has 0 aliphatic carbocycles. The summed E-state index contributed by atoms with van der Waals surface area (Å²) >= 11 is 5.91. The molecule has 1 saturated heterocycles. The summed E-state index contributed by atoms with van der Waals surface area (Å²) in [5.41, 5.74) is 1.13. The van der Waals surface area contributed by atoms with Crippen molar-refractivity contribution in [1.82, 2.24) is 25.4 Å². The summed E-state index contributed by atoms with van der Waals surface area (Å²) in [5, 5.41) is 5.86. The minimum absolute atomic E-state index is 0.176. The number of benzene rings is 1. The molecule has 196 valence electrons. The van der Waals surface area contributed by atoms with Gasteiger partial charge in [0, 0.05) is 32.7 Å². The van der Waals surface area contributed by atoms with Gasteiger partial charge in [-0.2, -0.15) is 0 Å². The van der Waals surface area contributed by atoms with E-state index in [0.29, 0.717) is 52.0 Å². The van der Waals surface area contributed by atoms with Crippen LogP contribution in [0, 0.1) is 0 Å². The Morgan fingerprint density at radius 3 is 2.35 bits per heavy atom. The highest BCUT2D eigenvalue weighted by Gasteiger charge is 2.30. The minimum atomic E-state index is -0.692. The lowest BCUT2D eigenvalue weighted by Crippen LogP contribution is -2.56. The van der Waals surface area contributed by atoms with Crippen LogP contribution in [0.2, 0.25) is 5.15 Å². The molecule has 1 atom stereocenters. The predicted octanol–water partition coefficient (Wildman–Crippen LogP) is 2.22. The molecule has 1 fully saturated rings. The first-order valence-corrected chi connectivity index (χ1v) is 12.7. The molecule has 1 aromatic heterocycles. The van der Waals surface area contributed by atoms with Crippen molar-refractivity contribution >= 4 is 35.2 Å². The number of carbonyl (C=O) groups excluding carboxylic acids is 4. The van der Waals surface area contributed by atoms with Gasteiger partial charge in [-0.25, -0.2) is 4.98 Å². The number of nitrogens with one attached hydrogen (secondary N) is 2. The largest absolute Gasteiger partial charge is 0.353 e. The Bertz CT molecular complexity index is 1100. The molecular weight excluding hydrogens is 494 g/mol. The van der Waals surface area contributed by atoms with Crippen molar-refractivity contribution in [3.05, 3.63) is 77.6 Å². The molecule has 0 bridgehead atoms. The lowest BCUT2D eigenvalue weighted by Gasteiger charge is -2.36. The summed E-state index contributed by atoms with van der Waals surface area (Å²) in [5.74, 6) is -0.886. The Morgan fingerprint density at radius 1 is 0.973 bits per heavy atom. The van der Waals surface area contributed by atoms with Crippen molar-refractivity contribution in [2.75, 3.05) is 32.7 Å². The zero-order valence-corrected chi connectivity index (χ0v) is 21.5. The standard InChI is InChI=1S/C27H32ClN5O4/c1-2-24(34)29-14-7-6-11-22(31-25(35)19-20-9-4-3-5-10-20)27(37)33-17-15-32(16-18-33)26(36)21-12-8-13-23(28)30-21/h2-5,8-10,12-13,22H,1,6-7,11,14-19H2,(H,29,34)(H,31,35). The van der Waals surface area contributed by atoms with Crippen LogP contribution in [0.25, 0.3) is 0 Å². The fraction of sp³-hybridized carbons (Fsp3) is 0.370. The van der Waals surface area contributed by atoms with Crippen molar-refractivity contribution in [1.29, 1.82) is 0 Å². The van der Waals surface area contributed by atoms with Gasteiger partial charge in [0.15, 0.2) is 0 Å². The molecule has 0 saturated carbocycles. The van der Waals surface area contributed by atoms with E-state index in [4.69, 9.17) is 11.6 Å². The molecule has 2 N–H and O–H groups in total. The number of hydrogen-bond donors (Lipinski definition) is 2. The molecule has 1 unspecified atom stereocenters. The van der Waals surface area contributed by atoms with Crippen LogP contribution in [0.3, 0.4) is 0 Å². The maximum atomic E-state index is 13.4. The van der Waals surface area contributed by atoms with E-state index in [0.717, 1.165) is 5.56 Å². The summed E-state index contributed by atoms with van der Waals surface area (Å²) < 4.78 is 0. The van der Waals surface area contributed by atoms with Gasteiger partial charge >= 0.3 is 0 Å². The third kappa shape index (κ3) is 8.71. The molecule has 2 heterocycles. The fourth-order valence-corrected chi connectivity index (χ4v) is 4.24. The molecule has 4 amide bonds. The SMILES string of the molecule is C=CC(=O)NCCCCC(NC(=O)Cc1ccccc1)C(=O)N1CCN(C(=O)c2cccc(Cl)n2)CC1. The highest BCUT2D eigenvalue weighted by Crippen LogP contribution is 2.13. The van der Waals surface area contributed by atoms with Gasteiger partial charge in [0.05, 0.1) is 6.42 Å². The molecular formula is C27H32ClN5O4. The van der Waals surface area contributed by atoms with Crippen LogP contribution < -0.4 is 10.6 Å². The Balaban J connectivity index is 1.57. The molecule has 0 spiro atoms. The third-order valence-electron chi connectivity index (χ3n) is 6.06. The van der Waals surface area contributed by atoms with Gasteiger partial charge in [0.2, 0.25) is 17.7 Å². The number of piperazine rings is 1. The van der Waals surface area contributed by atoms with Crippen LogP contribution in [-0.4, -0.2) is 77.2 Å². The fourth-order valence-electron chi connectivity index (χ4n) is 4.08. The topological polar surface area (TPSA) is 112 Å². The number of hydrogen-bond acceptors (Lipinski definition) is 5. The van der Waals surface area contributed by atoms with E-state index >= 15 is 0 Å². The summed E-state index contributed by atoms with van der Waals surface area (Å²) in [7, 11) is 0. The van der Waals surface area contributed by atoms with E-state index in [2.05, 4.69) is 22.2 Å². The Hall–Kier alpha value is -3.72. The van der Waals surface area contributed by atoms with Crippen LogP contribution >= 0.6 is 11.6 Å². The molecule has 10 heteroatoms. The predicted molar refractivity (Wildman–Crippen MR) is 141 cm³/mol. The van der Waals surface area contributed by atoms with Crippen molar-refractivity contribution in [3.63, 3.8) is 0 Å². The molecule has 9 nitrogen and oxygen atoms in total. The number of nitrogens with zero attached hydrogens (tertiary/aromatic N) is 3. The van der Waals surface area contributed by atoms with Crippen LogP contribution in [0.4, 0.5) is 0 Å². The number of pyridine rings is 1. The summed E-state index contributed by atoms with van der Waals surface area (Å²) in [6, 6.07) is 13.5. The first-order chi connectivity index (χ1) is 17.9. The lowest BCUT2D eigenvalue weighted by atomic mass is 10.1. The second-order valence-electron chi connectivity index (χ2n) is 8.74. The number of rotatable bonds is 11. The van der Waals surface area contributed by atoms with E-state index in [1.807, 2.05) is 30.3 Å². The maximum Gasteiger partial charge on any atom is 0.272 e. The Morgan fingerprint density at radius 2 is 1.68 bits per heavy atom. The number of aromatic nitrogens is 1. The highest BCUT2D eigenvalue weighted by atomic mass is 35.5. The van der Waals surface area contributed by atoms with E-state index in [9.17, 15) is 19.2 Å². The monoisotopic (exact) mass is 525 g/mol. The van der Waals surface area contributed by atoms with E-state index in [-0.39, 0.29) is 40.9 Å². The molecule has 1 aromatic carbocycles. The normalized spacial score (nSPS) is 14.0. The van der Waals surface area contributed by atoms with Gasteiger partial charge < -0.3 is 20.4 Å². The van der Waals surface area contributed by atoms with Gasteiger partial charge in [0.1, 0.15) is 16.9 Å². The van der Waals surface area contributed by atoms with E-state index in [1.54, 1.807) is 28.0 Å². The van der Waals surface area contributed by atoms with Crippen molar-refractivity contribution in [2.24, 2.45) is 0 Å². The molecule has 3 rings (SSSR count). The maximum absolute atomic E-state index is 13.4. The van der Waals surface area contributed by atoms with E-state index < -0.39 is 6.04 Å². The zero-order valence-electron chi connectivity index (χ0n) is 20.7. The molecule has 0 radical (unpaired) electrons. The van der Waals surface area contributed by atoms with Crippen LogP contribution in [0.15, 0.2) is 61.2 Å². The van der Waals surface area contributed by atoms with Crippen LogP contribution in [0.1, 0.15) is 35.3 Å². The number of unbranched alkanes of at least 4 members (excludes halogenated alkanes) is 1. The highest BCUT2D eigenvalue weighted by molar-refractivity contribution is 6.29. The quantitative estimate of drug-likeness (QED) is 0.265. The average Bonchev–Trinajstić information content (AvgIpc) is 2.92. The lowest BCUT2D eigenvalue weighted by molar-refractivity contribution is -0.137. The van der Waals surface area contributed by atoms with Crippen LogP contribution in [-0.2, 0) is 20.8 Å². The number of halogens is 1. The Labute approximate surface area is 221 Å². The van der Waals surface area contributed by atoms with Crippen molar-refractivity contribution in [2.45, 2.75) is 31.7 Å². The molecule has 37 heavy (non-hydrogen) atoms. The average molecular weight is 526 g/mol. The molecule has 1 aliphatic heterocycles.